The lowest BCUT2D eigenvalue weighted by Gasteiger charge is -2.33. The molecule has 0 saturated carbocycles. The Morgan fingerprint density at radius 3 is 1.53 bits per heavy atom. The smallest absolute Gasteiger partial charge is 0.410 e. The summed E-state index contributed by atoms with van der Waals surface area (Å²) in [4.78, 5) is 160. The molecule has 8 amide bonds. The number of amides is 8. The first-order chi connectivity index (χ1) is 37.0. The third-order valence-corrected chi connectivity index (χ3v) is 12.5. The van der Waals surface area contributed by atoms with Gasteiger partial charge in [-0.05, 0) is 44.6 Å². The summed E-state index contributed by atoms with van der Waals surface area (Å²) in [7, 11) is 2.73. The molecule has 0 spiro atoms. The minimum atomic E-state index is -1.89. The molecule has 3 aliphatic rings. The monoisotopic (exact) mass is 1110 g/mol. The summed E-state index contributed by atoms with van der Waals surface area (Å²) in [6.07, 6.45) is 2.26. The number of rotatable bonds is 29. The molecule has 30 heteroatoms. The second-order valence-corrected chi connectivity index (χ2v) is 19.0. The van der Waals surface area contributed by atoms with Gasteiger partial charge in [0.1, 0.15) is 18.2 Å². The first-order valence-electron chi connectivity index (χ1n) is 25.9. The van der Waals surface area contributed by atoms with Crippen LogP contribution in [-0.2, 0) is 67.1 Å². The van der Waals surface area contributed by atoms with Crippen LogP contribution in [0.5, 0.6) is 0 Å². The van der Waals surface area contributed by atoms with Crippen LogP contribution in [0.15, 0.2) is 12.2 Å². The fourth-order valence-electron chi connectivity index (χ4n) is 8.19. The van der Waals surface area contributed by atoms with Crippen LogP contribution >= 0.6 is 0 Å². The average molecular weight is 1110 g/mol. The number of nitrogens with zero attached hydrogens (tertiary/aromatic N) is 7. The van der Waals surface area contributed by atoms with Gasteiger partial charge in [0.2, 0.25) is 23.6 Å². The third kappa shape index (κ3) is 26.5. The number of nitrogens with one attached hydrogen (secondary N) is 4. The van der Waals surface area contributed by atoms with E-state index in [0.717, 1.165) is 9.80 Å². The zero-order valence-corrected chi connectivity index (χ0v) is 44.5. The summed E-state index contributed by atoms with van der Waals surface area (Å²) in [6, 6.07) is 0. The van der Waals surface area contributed by atoms with Gasteiger partial charge in [0.15, 0.2) is 0 Å². The van der Waals surface area contributed by atoms with Crippen molar-refractivity contribution in [2.24, 2.45) is 0 Å². The number of carbonyl (C=O) groups is 12. The Hall–Kier alpha value is -6.86. The van der Waals surface area contributed by atoms with Crippen molar-refractivity contribution in [2.45, 2.75) is 75.9 Å². The molecule has 438 valence electrons. The molecule has 0 aromatic heterocycles. The Morgan fingerprint density at radius 1 is 0.603 bits per heavy atom. The van der Waals surface area contributed by atoms with Crippen LogP contribution in [0.4, 0.5) is 4.79 Å². The zero-order chi connectivity index (χ0) is 57.6. The van der Waals surface area contributed by atoms with Gasteiger partial charge in [0.05, 0.1) is 52.4 Å². The Labute approximate surface area is 451 Å². The zero-order valence-electron chi connectivity index (χ0n) is 44.5. The van der Waals surface area contributed by atoms with Crippen molar-refractivity contribution in [3.63, 3.8) is 0 Å². The number of carboxylic acid groups (broad SMARTS) is 3. The van der Waals surface area contributed by atoms with Crippen LogP contribution in [0, 0.1) is 0 Å². The fourth-order valence-corrected chi connectivity index (χ4v) is 8.19. The number of hydrogen-bond donors (Lipinski definition) is 8. The highest BCUT2D eigenvalue weighted by Crippen LogP contribution is 2.27. The van der Waals surface area contributed by atoms with E-state index in [4.69, 9.17) is 14.3 Å². The average Bonchev–Trinajstić information content (AvgIpc) is 3.67. The van der Waals surface area contributed by atoms with Crippen LogP contribution in [0.2, 0.25) is 0 Å². The molecule has 78 heavy (non-hydrogen) atoms. The number of carboxylic acids is 3. The Morgan fingerprint density at radius 2 is 1.04 bits per heavy atom. The van der Waals surface area contributed by atoms with E-state index in [1.54, 1.807) is 31.8 Å². The molecule has 8 N–H and O–H groups in total. The van der Waals surface area contributed by atoms with E-state index in [1.165, 1.54) is 14.1 Å². The molecule has 2 aliphatic heterocycles. The van der Waals surface area contributed by atoms with Crippen molar-refractivity contribution < 1.29 is 92.3 Å². The molecule has 1 aliphatic carbocycles. The maximum atomic E-state index is 13.5. The lowest BCUT2D eigenvalue weighted by Crippen LogP contribution is -2.51. The summed E-state index contributed by atoms with van der Waals surface area (Å²) in [6.45, 7) is 0.910. The molecule has 0 aromatic carbocycles. The standard InChI is InChI=1S/C48H77N11O19/c1-53(29-37(61)50-17-6-18-52-39(63)31-55-19-21-56(32-42(66)67)23-25-58(34-44(70)71)26-24-57(22-20-55)33-43(68)69)46(73)48(75)13-4-3-7-35(10-14-48)77-47(74)54(2)30-38(62)51-16-5-15-49-36(60)11-27-76-28-12-45(72)78-59-40(64)8-9-41(59)65/h3,7,35,75H,4-6,8-34H2,1-2H3,(H,49,60)(H,50,61)(H,51,62)(H,52,63)(H,66,67)(H,68,69)(H,70,71)/b7-3+. The molecule has 0 bridgehead atoms. The van der Waals surface area contributed by atoms with Crippen molar-refractivity contribution in [3.05, 3.63) is 12.2 Å². The van der Waals surface area contributed by atoms with Gasteiger partial charge in [-0.2, -0.15) is 0 Å². The van der Waals surface area contributed by atoms with Gasteiger partial charge in [0.25, 0.3) is 17.7 Å². The number of hydroxylamine groups is 2. The molecule has 2 unspecified atom stereocenters. The Balaban J connectivity index is 1.31. The Bertz CT molecular complexity index is 2070. The van der Waals surface area contributed by atoms with E-state index in [9.17, 15) is 78.0 Å². The number of ether oxygens (including phenoxy) is 2. The topological polar surface area (TPSA) is 384 Å². The number of aliphatic carboxylic acids is 3. The van der Waals surface area contributed by atoms with Crippen LogP contribution in [0.25, 0.3) is 0 Å². The van der Waals surface area contributed by atoms with Gasteiger partial charge < -0.3 is 65.8 Å². The normalized spacial score (nSPS) is 19.6. The van der Waals surface area contributed by atoms with Gasteiger partial charge in [0, 0.05) is 112 Å². The molecule has 2 heterocycles. The van der Waals surface area contributed by atoms with Gasteiger partial charge in [-0.25, -0.2) is 9.59 Å². The van der Waals surface area contributed by atoms with E-state index < -0.39 is 71.2 Å². The maximum absolute atomic E-state index is 13.5. The predicted octanol–water partition coefficient (Wildman–Crippen LogP) is -4.13. The van der Waals surface area contributed by atoms with Crippen LogP contribution in [0.1, 0.15) is 64.2 Å². The molecule has 2 atom stereocenters. The molecule has 3 rings (SSSR count). The second-order valence-electron chi connectivity index (χ2n) is 19.0. The largest absolute Gasteiger partial charge is 0.480 e. The number of likely N-dealkylation sites (N-methyl/N-ethyl adjacent to an activating group) is 2. The highest BCUT2D eigenvalue weighted by Gasteiger charge is 2.39. The summed E-state index contributed by atoms with van der Waals surface area (Å²) in [5.41, 5.74) is -1.89. The van der Waals surface area contributed by atoms with E-state index in [-0.39, 0.29) is 194 Å². The van der Waals surface area contributed by atoms with Gasteiger partial charge in [-0.1, -0.05) is 6.08 Å². The summed E-state index contributed by atoms with van der Waals surface area (Å²) in [5, 5.41) is 51.0. The second kappa shape index (κ2) is 34.8. The Kier molecular flexibility index (Phi) is 29.2. The number of allylic oxidation sites excluding steroid dienone is 1. The minimum Gasteiger partial charge on any atom is -0.480 e. The van der Waals surface area contributed by atoms with Gasteiger partial charge in [-0.15, -0.1) is 5.06 Å². The SMILES string of the molecule is CN(CC(=O)NCCCNC(=O)CCOCCC(=O)ON1C(=O)CCC1=O)C(=O)OC1/C=C/CCC(O)(C(=O)N(C)CC(=O)NCCCNC(=O)CN2CCN(CC(=O)O)CCN(CC(=O)O)CCN(CC(=O)O)CC2)CC1. The van der Waals surface area contributed by atoms with Crippen molar-refractivity contribution in [3.8, 4) is 0 Å². The van der Waals surface area contributed by atoms with Crippen molar-refractivity contribution in [1.82, 2.24) is 55.7 Å². The number of hydrogen-bond acceptors (Lipinski definition) is 20. The number of imide groups is 1. The van der Waals surface area contributed by atoms with Crippen LogP contribution in [0.3, 0.4) is 0 Å². The van der Waals surface area contributed by atoms with Crippen LogP contribution < -0.4 is 21.3 Å². The molecule has 2 saturated heterocycles. The molecular weight excluding hydrogens is 1030 g/mol. The molecular formula is C48H77N11O19. The van der Waals surface area contributed by atoms with Gasteiger partial charge in [-0.3, -0.25) is 67.5 Å². The lowest BCUT2D eigenvalue weighted by molar-refractivity contribution is -0.198. The first-order valence-corrected chi connectivity index (χ1v) is 25.9. The molecule has 30 nitrogen and oxygen atoms in total. The lowest BCUT2D eigenvalue weighted by atomic mass is 9.87. The van der Waals surface area contributed by atoms with E-state index in [2.05, 4.69) is 21.3 Å². The van der Waals surface area contributed by atoms with Crippen LogP contribution in [-0.4, -0.2) is 283 Å². The quantitative estimate of drug-likeness (QED) is 0.0200. The van der Waals surface area contributed by atoms with Crippen molar-refractivity contribution >= 4 is 71.3 Å². The van der Waals surface area contributed by atoms with Crippen molar-refractivity contribution in [2.75, 3.05) is 145 Å². The molecule has 0 radical (unpaired) electrons. The molecule has 2 fully saturated rings. The first kappa shape index (κ1) is 65.4. The summed E-state index contributed by atoms with van der Waals surface area (Å²) in [5.74, 6) is -7.62. The van der Waals surface area contributed by atoms with Crippen molar-refractivity contribution in [1.29, 1.82) is 0 Å². The summed E-state index contributed by atoms with van der Waals surface area (Å²) >= 11 is 0. The molecule has 0 aromatic rings. The van der Waals surface area contributed by atoms with E-state index in [0.29, 0.717) is 17.9 Å². The van der Waals surface area contributed by atoms with E-state index >= 15 is 0 Å². The maximum Gasteiger partial charge on any atom is 0.410 e. The fraction of sp³-hybridized carbons (Fsp3) is 0.708. The minimum absolute atomic E-state index is 0.000288. The number of carbonyl (C=O) groups excluding carboxylic acids is 9. The van der Waals surface area contributed by atoms with Gasteiger partial charge >= 0.3 is 30.0 Å². The third-order valence-electron chi connectivity index (χ3n) is 12.5. The highest BCUT2D eigenvalue weighted by molar-refractivity contribution is 6.01. The van der Waals surface area contributed by atoms with E-state index in [1.807, 2.05) is 0 Å². The number of aliphatic hydroxyl groups is 1. The predicted molar refractivity (Wildman–Crippen MR) is 270 cm³/mol. The highest BCUT2D eigenvalue weighted by atomic mass is 16.7. The summed E-state index contributed by atoms with van der Waals surface area (Å²) < 4.78 is 10.8.